The average Bonchev–Trinajstić information content (AvgIpc) is 2.91. The Kier molecular flexibility index (Phi) is 10.8. The Labute approximate surface area is 201 Å². The third-order valence-corrected chi connectivity index (χ3v) is 5.71. The molecule has 2 unspecified atom stereocenters. The molecule has 0 heterocycles. The maximum Gasteiger partial charge on any atom is 0.315 e. The van der Waals surface area contributed by atoms with Gasteiger partial charge in [-0.05, 0) is 38.8 Å². The molecule has 0 aliphatic heterocycles. The number of carbonyl (C=O) groups excluding carboxylic acids is 1. The van der Waals surface area contributed by atoms with Gasteiger partial charge in [0.05, 0.1) is 49.2 Å². The number of ether oxygens (including phenoxy) is 3. The van der Waals surface area contributed by atoms with Crippen molar-refractivity contribution in [2.45, 2.75) is 52.9 Å². The summed E-state index contributed by atoms with van der Waals surface area (Å²) in [6.45, 7) is 9.07. The number of hydrogen-bond acceptors (Lipinski definition) is 5. The fourth-order valence-corrected chi connectivity index (χ4v) is 4.13. The molecule has 1 aliphatic carbocycles. The van der Waals surface area contributed by atoms with Crippen LogP contribution in [0.3, 0.4) is 0 Å². The maximum atomic E-state index is 12.3. The summed E-state index contributed by atoms with van der Waals surface area (Å²) in [6.07, 6.45) is 1.45. The van der Waals surface area contributed by atoms with Gasteiger partial charge in [-0.15, -0.1) is 0 Å². The maximum absolute atomic E-state index is 12.3. The van der Waals surface area contributed by atoms with Crippen LogP contribution in [0.2, 0.25) is 0 Å². The number of hydrogen-bond donors (Lipinski definition) is 2. The van der Waals surface area contributed by atoms with Crippen molar-refractivity contribution in [3.8, 4) is 0 Å². The molecule has 0 spiro atoms. The highest BCUT2D eigenvalue weighted by molar-refractivity contribution is 6.32. The summed E-state index contributed by atoms with van der Waals surface area (Å²) in [4.78, 5) is 13.8. The van der Waals surface area contributed by atoms with Gasteiger partial charge in [-0.25, -0.2) is 4.79 Å². The van der Waals surface area contributed by atoms with Crippen LogP contribution in [-0.2, 0) is 20.8 Å². The van der Waals surface area contributed by atoms with Crippen molar-refractivity contribution >= 4 is 17.6 Å². The van der Waals surface area contributed by atoms with Crippen LogP contribution < -0.4 is 5.73 Å². The number of aliphatic hydroxyl groups is 1. The number of nitrogens with two attached hydrogens (primary N) is 1. The number of halogens is 1. The molecule has 2 amide bonds. The fourth-order valence-electron chi connectivity index (χ4n) is 3.74. The highest BCUT2D eigenvalue weighted by atomic mass is 35.5. The number of aliphatic hydroxyl groups excluding tert-OH is 1. The lowest BCUT2D eigenvalue weighted by Gasteiger charge is -2.30. The van der Waals surface area contributed by atoms with Gasteiger partial charge in [0.2, 0.25) is 0 Å². The lowest BCUT2D eigenvalue weighted by atomic mass is 10.0. The Hall–Kier alpha value is -2.48. The highest BCUT2D eigenvalue weighted by Crippen LogP contribution is 2.37. The first-order valence-corrected chi connectivity index (χ1v) is 11.6. The SMILES string of the molecule is CCOC1=C(C(C)O)C(OCC)=C(Cl)C(C(C)N(CCOCc2ccccc2)C(N)=O)=CC1. The number of primary amides is 1. The topological polar surface area (TPSA) is 94.2 Å². The van der Waals surface area contributed by atoms with Gasteiger partial charge < -0.3 is 30.0 Å². The average molecular weight is 479 g/mol. The third kappa shape index (κ3) is 7.25. The van der Waals surface area contributed by atoms with Crippen LogP contribution in [0.15, 0.2) is 64.1 Å². The zero-order valence-electron chi connectivity index (χ0n) is 19.8. The van der Waals surface area contributed by atoms with Gasteiger partial charge in [0.25, 0.3) is 0 Å². The molecule has 1 aliphatic rings. The van der Waals surface area contributed by atoms with Crippen LogP contribution >= 0.6 is 11.6 Å². The molecular weight excluding hydrogens is 444 g/mol. The Morgan fingerprint density at radius 3 is 2.42 bits per heavy atom. The van der Waals surface area contributed by atoms with Crippen LogP contribution in [-0.4, -0.2) is 54.5 Å². The predicted octanol–water partition coefficient (Wildman–Crippen LogP) is 4.46. The molecule has 33 heavy (non-hydrogen) atoms. The lowest BCUT2D eigenvalue weighted by molar-refractivity contribution is 0.0951. The van der Waals surface area contributed by atoms with Gasteiger partial charge in [-0.2, -0.15) is 0 Å². The smallest absolute Gasteiger partial charge is 0.315 e. The fraction of sp³-hybridized carbons (Fsp3) is 0.480. The Morgan fingerprint density at radius 2 is 1.85 bits per heavy atom. The van der Waals surface area contributed by atoms with Crippen LogP contribution in [0.5, 0.6) is 0 Å². The van der Waals surface area contributed by atoms with Gasteiger partial charge in [0.1, 0.15) is 11.5 Å². The molecule has 8 heteroatoms. The first kappa shape index (κ1) is 26.8. The molecule has 2 atom stereocenters. The van der Waals surface area contributed by atoms with E-state index in [1.807, 2.05) is 57.2 Å². The van der Waals surface area contributed by atoms with E-state index < -0.39 is 18.2 Å². The van der Waals surface area contributed by atoms with Crippen molar-refractivity contribution in [1.29, 1.82) is 0 Å². The summed E-state index contributed by atoms with van der Waals surface area (Å²) >= 11 is 6.80. The Bertz CT molecular complexity index is 880. The molecule has 3 N–H and O–H groups in total. The third-order valence-electron chi connectivity index (χ3n) is 5.32. The number of amides is 2. The molecule has 0 aromatic heterocycles. The number of benzene rings is 1. The molecule has 1 aromatic carbocycles. The summed E-state index contributed by atoms with van der Waals surface area (Å²) in [7, 11) is 0. The van der Waals surface area contributed by atoms with Crippen molar-refractivity contribution in [3.05, 3.63) is 69.7 Å². The van der Waals surface area contributed by atoms with E-state index in [9.17, 15) is 9.90 Å². The number of rotatable bonds is 12. The molecule has 1 aromatic rings. The largest absolute Gasteiger partial charge is 0.497 e. The first-order chi connectivity index (χ1) is 15.8. The van der Waals surface area contributed by atoms with E-state index in [4.69, 9.17) is 31.5 Å². The van der Waals surface area contributed by atoms with E-state index >= 15 is 0 Å². The zero-order chi connectivity index (χ0) is 24.4. The lowest BCUT2D eigenvalue weighted by Crippen LogP contribution is -2.45. The molecule has 7 nitrogen and oxygen atoms in total. The second kappa shape index (κ2) is 13.3. The second-order valence-electron chi connectivity index (χ2n) is 7.63. The standard InChI is InChI=1S/C25H35ClN2O5/c1-5-32-21-13-12-20(23(26)24(33-6-2)22(21)18(4)29)17(3)28(25(27)30)14-15-31-16-19-10-8-7-9-11-19/h7-12,17-18,29H,5-6,13-16H2,1-4H3,(H2,27,30). The van der Waals surface area contributed by atoms with Crippen LogP contribution in [0.25, 0.3) is 0 Å². The monoisotopic (exact) mass is 478 g/mol. The molecule has 2 rings (SSSR count). The summed E-state index contributed by atoms with van der Waals surface area (Å²) in [5.41, 5.74) is 7.94. The van der Waals surface area contributed by atoms with E-state index in [1.165, 1.54) is 4.90 Å². The molecule has 0 bridgehead atoms. The summed E-state index contributed by atoms with van der Waals surface area (Å²) in [5, 5.41) is 10.8. The summed E-state index contributed by atoms with van der Waals surface area (Å²) in [6, 6.07) is 8.79. The normalized spacial score (nSPS) is 16.1. The van der Waals surface area contributed by atoms with E-state index in [0.29, 0.717) is 67.1 Å². The quantitative estimate of drug-likeness (QED) is 0.432. The van der Waals surface area contributed by atoms with Crippen molar-refractivity contribution in [2.24, 2.45) is 5.73 Å². The van der Waals surface area contributed by atoms with Crippen molar-refractivity contribution in [1.82, 2.24) is 4.90 Å². The Balaban J connectivity index is 2.24. The summed E-state index contributed by atoms with van der Waals surface area (Å²) < 4.78 is 17.4. The van der Waals surface area contributed by atoms with E-state index in [2.05, 4.69) is 0 Å². The van der Waals surface area contributed by atoms with Crippen molar-refractivity contribution in [3.63, 3.8) is 0 Å². The molecule has 0 radical (unpaired) electrons. The van der Waals surface area contributed by atoms with Crippen LogP contribution in [0, 0.1) is 0 Å². The molecule has 0 fully saturated rings. The van der Waals surface area contributed by atoms with Crippen LogP contribution in [0.1, 0.15) is 39.7 Å². The zero-order valence-corrected chi connectivity index (χ0v) is 20.6. The number of urea groups is 1. The minimum absolute atomic E-state index is 0.295. The van der Waals surface area contributed by atoms with Crippen LogP contribution in [0.4, 0.5) is 4.79 Å². The minimum atomic E-state index is -0.844. The Morgan fingerprint density at radius 1 is 1.18 bits per heavy atom. The van der Waals surface area contributed by atoms with E-state index in [-0.39, 0.29) is 0 Å². The first-order valence-electron chi connectivity index (χ1n) is 11.3. The molecular formula is C25H35ClN2O5. The minimum Gasteiger partial charge on any atom is -0.497 e. The van der Waals surface area contributed by atoms with Gasteiger partial charge in [-0.1, -0.05) is 48.0 Å². The predicted molar refractivity (Wildman–Crippen MR) is 129 cm³/mol. The number of allylic oxidation sites excluding steroid dienone is 1. The second-order valence-corrected chi connectivity index (χ2v) is 8.01. The van der Waals surface area contributed by atoms with Gasteiger partial charge in [0.15, 0.2) is 0 Å². The van der Waals surface area contributed by atoms with Crippen molar-refractivity contribution in [2.75, 3.05) is 26.4 Å². The molecule has 182 valence electrons. The van der Waals surface area contributed by atoms with Gasteiger partial charge in [-0.3, -0.25) is 0 Å². The number of nitrogens with zero attached hydrogens (tertiary/aromatic N) is 1. The van der Waals surface area contributed by atoms with Crippen molar-refractivity contribution < 1.29 is 24.1 Å². The molecule has 0 saturated heterocycles. The molecule has 0 saturated carbocycles. The number of carbonyl (C=O) groups is 1. The highest BCUT2D eigenvalue weighted by Gasteiger charge is 2.31. The van der Waals surface area contributed by atoms with E-state index in [0.717, 1.165) is 5.56 Å². The van der Waals surface area contributed by atoms with Gasteiger partial charge >= 0.3 is 6.03 Å². The summed E-state index contributed by atoms with van der Waals surface area (Å²) in [5.74, 6) is 0.950. The van der Waals surface area contributed by atoms with E-state index in [1.54, 1.807) is 6.92 Å². The van der Waals surface area contributed by atoms with Gasteiger partial charge in [0, 0.05) is 13.0 Å².